The fraction of sp³-hybridized carbons (Fsp3) is 0.429. The molecule has 2 aromatic carbocycles. The predicted octanol–water partition coefficient (Wildman–Crippen LogP) is 5.43. The number of hydrogen-bond donors (Lipinski definition) is 0. The molecule has 0 aromatic heterocycles. The first-order chi connectivity index (χ1) is 15.8. The van der Waals surface area contributed by atoms with Crippen LogP contribution in [0.5, 0.6) is 5.75 Å². The third-order valence-corrected chi connectivity index (χ3v) is 6.59. The normalized spacial score (nSPS) is 18.8. The Balaban J connectivity index is 1.98. The van der Waals surface area contributed by atoms with Gasteiger partial charge in [-0.1, -0.05) is 69.3 Å². The summed E-state index contributed by atoms with van der Waals surface area (Å²) in [6, 6.07) is 15.8. The fourth-order valence-corrected chi connectivity index (χ4v) is 5.18. The molecular formula is C28H32O5. The lowest BCUT2D eigenvalue weighted by Crippen LogP contribution is -2.42. The SMILES string of the molecule is CCOC(=O)C1(C(=O)OCC)CC2C(=C1c1ccccc1)COc1c2cccc1C(C)(C)C. The number of esters is 2. The Morgan fingerprint density at radius 1 is 0.970 bits per heavy atom. The third kappa shape index (κ3) is 3.73. The summed E-state index contributed by atoms with van der Waals surface area (Å²) in [6.07, 6.45) is 0.272. The van der Waals surface area contributed by atoms with Crippen LogP contribution in [0, 0.1) is 5.41 Å². The summed E-state index contributed by atoms with van der Waals surface area (Å²) in [4.78, 5) is 27.1. The Morgan fingerprint density at radius 2 is 1.61 bits per heavy atom. The molecule has 5 nitrogen and oxygen atoms in total. The average molecular weight is 449 g/mol. The maximum absolute atomic E-state index is 13.6. The van der Waals surface area contributed by atoms with E-state index in [-0.39, 0.29) is 31.0 Å². The van der Waals surface area contributed by atoms with Gasteiger partial charge in [0.15, 0.2) is 5.41 Å². The van der Waals surface area contributed by atoms with E-state index >= 15 is 0 Å². The van der Waals surface area contributed by atoms with Gasteiger partial charge in [0.1, 0.15) is 12.4 Å². The van der Waals surface area contributed by atoms with Gasteiger partial charge < -0.3 is 14.2 Å². The topological polar surface area (TPSA) is 61.8 Å². The number of para-hydroxylation sites is 1. The van der Waals surface area contributed by atoms with E-state index in [0.717, 1.165) is 28.0 Å². The van der Waals surface area contributed by atoms with Crippen LogP contribution in [0.2, 0.25) is 0 Å². The molecule has 0 amide bonds. The van der Waals surface area contributed by atoms with Crippen LogP contribution >= 0.6 is 0 Å². The van der Waals surface area contributed by atoms with Crippen molar-refractivity contribution in [1.29, 1.82) is 0 Å². The van der Waals surface area contributed by atoms with E-state index in [0.29, 0.717) is 12.2 Å². The smallest absolute Gasteiger partial charge is 0.328 e. The molecule has 0 radical (unpaired) electrons. The molecule has 0 N–H and O–H groups in total. The van der Waals surface area contributed by atoms with Crippen molar-refractivity contribution in [3.8, 4) is 5.75 Å². The second-order valence-corrected chi connectivity index (χ2v) is 9.63. The first-order valence-corrected chi connectivity index (χ1v) is 11.6. The van der Waals surface area contributed by atoms with Crippen LogP contribution in [0.25, 0.3) is 5.57 Å². The van der Waals surface area contributed by atoms with Crippen LogP contribution in [0.15, 0.2) is 54.1 Å². The molecule has 174 valence electrons. The lowest BCUT2D eigenvalue weighted by Gasteiger charge is -2.31. The molecule has 1 unspecified atom stereocenters. The van der Waals surface area contributed by atoms with Crippen LogP contribution in [-0.2, 0) is 24.5 Å². The van der Waals surface area contributed by atoms with Crippen molar-refractivity contribution in [2.75, 3.05) is 19.8 Å². The highest BCUT2D eigenvalue weighted by Crippen LogP contribution is 2.59. The maximum Gasteiger partial charge on any atom is 0.328 e. The Hall–Kier alpha value is -3.08. The minimum atomic E-state index is -1.53. The molecule has 0 saturated heterocycles. The molecule has 1 aliphatic heterocycles. The maximum atomic E-state index is 13.6. The minimum Gasteiger partial charge on any atom is -0.489 e. The van der Waals surface area contributed by atoms with E-state index in [9.17, 15) is 9.59 Å². The summed E-state index contributed by atoms with van der Waals surface area (Å²) in [5.74, 6) is -0.398. The van der Waals surface area contributed by atoms with Crippen molar-refractivity contribution in [1.82, 2.24) is 0 Å². The van der Waals surface area contributed by atoms with Crippen molar-refractivity contribution >= 4 is 17.5 Å². The van der Waals surface area contributed by atoms with Gasteiger partial charge in [0, 0.05) is 11.5 Å². The number of carbonyl (C=O) groups is 2. The molecule has 2 aliphatic rings. The van der Waals surface area contributed by atoms with Gasteiger partial charge in [-0.25, -0.2) is 0 Å². The second kappa shape index (κ2) is 8.69. The number of fused-ring (bicyclic) bond motifs is 3. The highest BCUT2D eigenvalue weighted by molar-refractivity contribution is 6.14. The molecule has 33 heavy (non-hydrogen) atoms. The number of ether oxygens (including phenoxy) is 3. The fourth-order valence-electron chi connectivity index (χ4n) is 5.18. The summed E-state index contributed by atoms with van der Waals surface area (Å²) < 4.78 is 17.4. The molecule has 0 bridgehead atoms. The monoisotopic (exact) mass is 448 g/mol. The highest BCUT2D eigenvalue weighted by Gasteiger charge is 2.60. The summed E-state index contributed by atoms with van der Waals surface area (Å²) >= 11 is 0. The highest BCUT2D eigenvalue weighted by atomic mass is 16.6. The average Bonchev–Trinajstić information content (AvgIpc) is 3.16. The largest absolute Gasteiger partial charge is 0.489 e. The van der Waals surface area contributed by atoms with Crippen LogP contribution in [0.1, 0.15) is 63.6 Å². The van der Waals surface area contributed by atoms with E-state index < -0.39 is 17.4 Å². The van der Waals surface area contributed by atoms with E-state index in [4.69, 9.17) is 14.2 Å². The van der Waals surface area contributed by atoms with E-state index in [1.807, 2.05) is 42.5 Å². The predicted molar refractivity (Wildman–Crippen MR) is 127 cm³/mol. The Morgan fingerprint density at radius 3 is 2.18 bits per heavy atom. The quantitative estimate of drug-likeness (QED) is 0.451. The van der Waals surface area contributed by atoms with Crippen LogP contribution in [0.4, 0.5) is 0 Å². The lowest BCUT2D eigenvalue weighted by molar-refractivity contribution is -0.167. The molecule has 0 fully saturated rings. The lowest BCUT2D eigenvalue weighted by atomic mass is 9.76. The number of rotatable bonds is 5. The zero-order chi connectivity index (χ0) is 23.8. The summed E-state index contributed by atoms with van der Waals surface area (Å²) in [6.45, 7) is 10.7. The van der Waals surface area contributed by atoms with Crippen LogP contribution in [-0.4, -0.2) is 31.8 Å². The number of benzene rings is 2. The van der Waals surface area contributed by atoms with Gasteiger partial charge in [-0.2, -0.15) is 0 Å². The van der Waals surface area contributed by atoms with Crippen molar-refractivity contribution < 1.29 is 23.8 Å². The number of hydrogen-bond acceptors (Lipinski definition) is 5. The zero-order valence-corrected chi connectivity index (χ0v) is 20.1. The summed E-state index contributed by atoms with van der Waals surface area (Å²) in [7, 11) is 0. The first kappa shape index (κ1) is 23.1. The third-order valence-electron chi connectivity index (χ3n) is 6.59. The van der Waals surface area contributed by atoms with Gasteiger partial charge in [0.2, 0.25) is 0 Å². The van der Waals surface area contributed by atoms with E-state index in [2.05, 4.69) is 26.8 Å². The van der Waals surface area contributed by atoms with Crippen molar-refractivity contribution in [2.24, 2.45) is 5.41 Å². The molecule has 1 aliphatic carbocycles. The van der Waals surface area contributed by atoms with Crippen molar-refractivity contribution in [3.05, 3.63) is 70.8 Å². The Kier molecular flexibility index (Phi) is 6.08. The number of carbonyl (C=O) groups excluding carboxylic acids is 2. The minimum absolute atomic E-state index is 0.104. The van der Waals surface area contributed by atoms with Gasteiger partial charge in [0.05, 0.1) is 13.2 Å². The van der Waals surface area contributed by atoms with Crippen LogP contribution in [0.3, 0.4) is 0 Å². The summed E-state index contributed by atoms with van der Waals surface area (Å²) in [5.41, 5.74) is 2.91. The first-order valence-electron chi connectivity index (χ1n) is 11.6. The summed E-state index contributed by atoms with van der Waals surface area (Å²) in [5, 5.41) is 0. The Labute approximate surface area is 195 Å². The van der Waals surface area contributed by atoms with Crippen molar-refractivity contribution in [2.45, 2.75) is 52.4 Å². The molecule has 1 atom stereocenters. The van der Waals surface area contributed by atoms with Gasteiger partial charge in [0.25, 0.3) is 0 Å². The van der Waals surface area contributed by atoms with Gasteiger partial charge in [-0.15, -0.1) is 0 Å². The van der Waals surface area contributed by atoms with Gasteiger partial charge in [-0.3, -0.25) is 9.59 Å². The van der Waals surface area contributed by atoms with Crippen molar-refractivity contribution in [3.63, 3.8) is 0 Å². The van der Waals surface area contributed by atoms with E-state index in [1.165, 1.54) is 0 Å². The molecule has 5 heteroatoms. The molecule has 4 rings (SSSR count). The molecule has 2 aromatic rings. The standard InChI is InChI=1S/C28H32O5/c1-6-31-25(29)28(26(30)32-7-2)16-20-19-14-11-15-22(27(3,4)5)24(19)33-17-21(20)23(28)18-12-9-8-10-13-18/h8-15,20H,6-7,16-17H2,1-5H3. The van der Waals surface area contributed by atoms with Crippen LogP contribution < -0.4 is 4.74 Å². The molecule has 1 heterocycles. The molecule has 0 spiro atoms. The second-order valence-electron chi connectivity index (χ2n) is 9.63. The molecule has 0 saturated carbocycles. The Bertz CT molecular complexity index is 1070. The van der Waals surface area contributed by atoms with E-state index in [1.54, 1.807) is 13.8 Å². The molecular weight excluding hydrogens is 416 g/mol. The zero-order valence-electron chi connectivity index (χ0n) is 20.1. The van der Waals surface area contributed by atoms with Gasteiger partial charge >= 0.3 is 11.9 Å². The van der Waals surface area contributed by atoms with Gasteiger partial charge in [-0.05, 0) is 48.0 Å².